The smallest absolute Gasteiger partial charge is 0.214 e. The first-order chi connectivity index (χ1) is 11.2. The molecule has 7 heteroatoms. The fourth-order valence-corrected chi connectivity index (χ4v) is 3.85. The molecule has 24 heavy (non-hydrogen) atoms. The van der Waals surface area contributed by atoms with Gasteiger partial charge in [-0.05, 0) is 46.6 Å². The molecule has 1 aromatic carbocycles. The van der Waals surface area contributed by atoms with E-state index in [9.17, 15) is 0 Å². The van der Waals surface area contributed by atoms with Crippen LogP contribution in [0.5, 0.6) is 0 Å². The number of thioether (sulfide) groups is 1. The zero-order valence-electron chi connectivity index (χ0n) is 15.5. The highest BCUT2D eigenvalue weighted by molar-refractivity contribution is 7.99. The van der Waals surface area contributed by atoms with Gasteiger partial charge < -0.3 is 4.43 Å². The van der Waals surface area contributed by atoms with Crippen LogP contribution in [0.15, 0.2) is 35.5 Å². The Morgan fingerprint density at radius 2 is 1.88 bits per heavy atom. The van der Waals surface area contributed by atoms with E-state index in [4.69, 9.17) is 4.43 Å². The fourth-order valence-electron chi connectivity index (χ4n) is 1.83. The summed E-state index contributed by atoms with van der Waals surface area (Å²) >= 11 is 1.68. The fraction of sp³-hybridized carbons (Fsp3) is 0.588. The van der Waals surface area contributed by atoms with Crippen LogP contribution in [0.2, 0.25) is 18.1 Å². The predicted molar refractivity (Wildman–Crippen MR) is 102 cm³/mol. The molecule has 2 aromatic rings. The van der Waals surface area contributed by atoms with Crippen LogP contribution in [0.3, 0.4) is 0 Å². The van der Waals surface area contributed by atoms with Crippen molar-refractivity contribution >= 4 is 20.1 Å². The molecule has 1 aromatic heterocycles. The Morgan fingerprint density at radius 1 is 1.21 bits per heavy atom. The van der Waals surface area contributed by atoms with Gasteiger partial charge in [0, 0.05) is 12.4 Å². The lowest BCUT2D eigenvalue weighted by Crippen LogP contribution is -2.41. The SMILES string of the molecule is C[C@@H](CO[Si](C)(C)C(C)(C)C)CSc1nnnn1-c1ccccc1. The predicted octanol–water partition coefficient (Wildman–Crippen LogP) is 4.41. The first-order valence-electron chi connectivity index (χ1n) is 8.31. The molecule has 0 aliphatic rings. The minimum Gasteiger partial charge on any atom is -0.417 e. The lowest BCUT2D eigenvalue weighted by Gasteiger charge is -2.37. The molecule has 0 radical (unpaired) electrons. The topological polar surface area (TPSA) is 52.8 Å². The number of hydrogen-bond acceptors (Lipinski definition) is 5. The van der Waals surface area contributed by atoms with Gasteiger partial charge in [0.1, 0.15) is 0 Å². The van der Waals surface area contributed by atoms with Crippen LogP contribution < -0.4 is 0 Å². The molecule has 1 atom stereocenters. The number of hydrogen-bond donors (Lipinski definition) is 0. The van der Waals surface area contributed by atoms with Crippen LogP contribution in [0.1, 0.15) is 27.7 Å². The highest BCUT2D eigenvalue weighted by atomic mass is 32.2. The molecule has 0 spiro atoms. The second-order valence-electron chi connectivity index (χ2n) is 7.70. The zero-order valence-corrected chi connectivity index (χ0v) is 17.3. The second kappa shape index (κ2) is 7.80. The second-order valence-corrected chi connectivity index (χ2v) is 13.5. The Morgan fingerprint density at radius 3 is 2.50 bits per heavy atom. The lowest BCUT2D eigenvalue weighted by molar-refractivity contribution is 0.249. The summed E-state index contributed by atoms with van der Waals surface area (Å²) in [7, 11) is -1.68. The molecular weight excluding hydrogens is 336 g/mol. The van der Waals surface area contributed by atoms with E-state index >= 15 is 0 Å². The number of benzene rings is 1. The molecule has 0 aliphatic carbocycles. The molecule has 0 saturated heterocycles. The van der Waals surface area contributed by atoms with Crippen LogP contribution in [0, 0.1) is 5.92 Å². The quantitative estimate of drug-likeness (QED) is 0.538. The highest BCUT2D eigenvalue weighted by Gasteiger charge is 2.37. The van der Waals surface area contributed by atoms with Gasteiger partial charge in [0.15, 0.2) is 8.32 Å². The third-order valence-corrected chi connectivity index (χ3v) is 10.2. The van der Waals surface area contributed by atoms with E-state index in [1.165, 1.54) is 0 Å². The maximum Gasteiger partial charge on any atom is 0.214 e. The van der Waals surface area contributed by atoms with E-state index in [-0.39, 0.29) is 5.04 Å². The van der Waals surface area contributed by atoms with E-state index in [0.29, 0.717) is 5.92 Å². The van der Waals surface area contributed by atoms with Crippen LogP contribution in [-0.2, 0) is 4.43 Å². The van der Waals surface area contributed by atoms with Gasteiger partial charge in [-0.15, -0.1) is 5.10 Å². The monoisotopic (exact) mass is 364 g/mol. The molecule has 0 aliphatic heterocycles. The molecule has 0 saturated carbocycles. The zero-order chi connectivity index (χ0) is 17.8. The van der Waals surface area contributed by atoms with Gasteiger partial charge in [-0.1, -0.05) is 57.7 Å². The maximum atomic E-state index is 6.31. The number of para-hydroxylation sites is 1. The Hall–Kier alpha value is -1.18. The first-order valence-corrected chi connectivity index (χ1v) is 12.2. The summed E-state index contributed by atoms with van der Waals surface area (Å²) < 4.78 is 8.09. The lowest BCUT2D eigenvalue weighted by atomic mass is 10.2. The highest BCUT2D eigenvalue weighted by Crippen LogP contribution is 2.37. The van der Waals surface area contributed by atoms with E-state index < -0.39 is 8.32 Å². The molecule has 0 unspecified atom stereocenters. The van der Waals surface area contributed by atoms with E-state index in [2.05, 4.69) is 56.3 Å². The number of tetrazole rings is 1. The van der Waals surface area contributed by atoms with Crippen LogP contribution in [0.25, 0.3) is 5.69 Å². The molecule has 0 fully saturated rings. The van der Waals surface area contributed by atoms with Crippen molar-refractivity contribution in [3.63, 3.8) is 0 Å². The van der Waals surface area contributed by atoms with Gasteiger partial charge in [0.2, 0.25) is 5.16 Å². The third kappa shape index (κ3) is 4.91. The molecule has 5 nitrogen and oxygen atoms in total. The maximum absolute atomic E-state index is 6.31. The third-order valence-electron chi connectivity index (χ3n) is 4.47. The van der Waals surface area contributed by atoms with Crippen LogP contribution in [-0.4, -0.2) is 40.9 Å². The summed E-state index contributed by atoms with van der Waals surface area (Å²) in [6.07, 6.45) is 0. The first kappa shape index (κ1) is 19.1. The average molecular weight is 365 g/mol. The molecule has 2 rings (SSSR count). The minimum absolute atomic E-state index is 0.247. The Balaban J connectivity index is 1.90. The van der Waals surface area contributed by atoms with Crippen molar-refractivity contribution < 1.29 is 4.43 Å². The summed E-state index contributed by atoms with van der Waals surface area (Å²) in [4.78, 5) is 0. The van der Waals surface area contributed by atoms with E-state index in [0.717, 1.165) is 23.2 Å². The molecule has 0 bridgehead atoms. The van der Waals surface area contributed by atoms with Crippen molar-refractivity contribution in [3.8, 4) is 5.69 Å². The summed E-state index contributed by atoms with van der Waals surface area (Å²) in [6.45, 7) is 14.4. The van der Waals surface area contributed by atoms with Crippen molar-refractivity contribution in [2.75, 3.05) is 12.4 Å². The van der Waals surface area contributed by atoms with Crippen LogP contribution in [0.4, 0.5) is 0 Å². The Bertz CT molecular complexity index is 640. The number of nitrogens with zero attached hydrogens (tertiary/aromatic N) is 4. The van der Waals surface area contributed by atoms with Crippen LogP contribution >= 0.6 is 11.8 Å². The number of aromatic nitrogens is 4. The molecule has 1 heterocycles. The minimum atomic E-state index is -1.68. The van der Waals surface area contributed by atoms with Gasteiger partial charge in [-0.2, -0.15) is 4.68 Å². The standard InChI is InChI=1S/C17H28N4OSSi/c1-14(12-22-24(5,6)17(2,3)4)13-23-16-18-19-20-21(16)15-10-8-7-9-11-15/h7-11,14H,12-13H2,1-6H3/t14-/m0/s1. The largest absolute Gasteiger partial charge is 0.417 e. The summed E-state index contributed by atoms with van der Waals surface area (Å²) in [5, 5.41) is 13.1. The summed E-state index contributed by atoms with van der Waals surface area (Å²) in [5.41, 5.74) is 0.982. The van der Waals surface area contributed by atoms with Crippen molar-refractivity contribution in [1.29, 1.82) is 0 Å². The summed E-state index contributed by atoms with van der Waals surface area (Å²) in [5.74, 6) is 1.38. The van der Waals surface area contributed by atoms with Gasteiger partial charge in [-0.25, -0.2) is 0 Å². The molecule has 0 amide bonds. The van der Waals surface area contributed by atoms with Gasteiger partial charge in [-0.3, -0.25) is 0 Å². The number of rotatable bonds is 7. The van der Waals surface area contributed by atoms with Crippen molar-refractivity contribution in [3.05, 3.63) is 30.3 Å². The van der Waals surface area contributed by atoms with E-state index in [1.54, 1.807) is 16.4 Å². The molecule has 132 valence electrons. The van der Waals surface area contributed by atoms with Crippen molar-refractivity contribution in [2.45, 2.75) is 51.0 Å². The van der Waals surface area contributed by atoms with Gasteiger partial charge >= 0.3 is 0 Å². The normalized spacial score (nSPS) is 13.9. The Kier molecular flexibility index (Phi) is 6.22. The Labute approximate surface area is 150 Å². The van der Waals surface area contributed by atoms with Crippen molar-refractivity contribution in [2.24, 2.45) is 5.92 Å². The van der Waals surface area contributed by atoms with E-state index in [1.807, 2.05) is 30.3 Å². The molecule has 0 N–H and O–H groups in total. The molecular formula is C17H28N4OSSi. The summed E-state index contributed by atoms with van der Waals surface area (Å²) in [6, 6.07) is 9.97. The average Bonchev–Trinajstić information content (AvgIpc) is 2.99. The van der Waals surface area contributed by atoms with Gasteiger partial charge in [0.05, 0.1) is 5.69 Å². The van der Waals surface area contributed by atoms with Crippen molar-refractivity contribution in [1.82, 2.24) is 20.2 Å². The van der Waals surface area contributed by atoms with Gasteiger partial charge in [0.25, 0.3) is 0 Å².